The fourth-order valence-electron chi connectivity index (χ4n) is 1.41. The second kappa shape index (κ2) is 6.99. The van der Waals surface area contributed by atoms with Crippen LogP contribution in [0.15, 0.2) is 12.1 Å². The highest BCUT2D eigenvalue weighted by Crippen LogP contribution is 2.36. The predicted octanol–water partition coefficient (Wildman–Crippen LogP) is 2.49. The van der Waals surface area contributed by atoms with Crippen LogP contribution in [0, 0.1) is 0 Å². The highest BCUT2D eigenvalue weighted by molar-refractivity contribution is 6.32. The van der Waals surface area contributed by atoms with Gasteiger partial charge in [-0.05, 0) is 26.0 Å². The number of ether oxygens (including phenoxy) is 3. The van der Waals surface area contributed by atoms with Crippen LogP contribution in [-0.4, -0.2) is 32.1 Å². The van der Waals surface area contributed by atoms with Gasteiger partial charge in [0.15, 0.2) is 17.6 Å². The number of halogens is 1. The van der Waals surface area contributed by atoms with Gasteiger partial charge in [0.25, 0.3) is 0 Å². The highest BCUT2D eigenvalue weighted by atomic mass is 35.5. The first-order valence-electron chi connectivity index (χ1n) is 5.69. The second-order valence-electron chi connectivity index (χ2n) is 3.66. The van der Waals surface area contributed by atoms with Crippen molar-refractivity contribution in [3.05, 3.63) is 22.7 Å². The summed E-state index contributed by atoms with van der Waals surface area (Å²) in [5, 5.41) is 0.192. The zero-order chi connectivity index (χ0) is 14.4. The topological polar surface area (TPSA) is 61.8 Å². The molecule has 0 bridgehead atoms. The van der Waals surface area contributed by atoms with Crippen LogP contribution in [0.1, 0.15) is 24.2 Å². The first-order chi connectivity index (χ1) is 9.03. The fourth-order valence-corrected chi connectivity index (χ4v) is 1.67. The summed E-state index contributed by atoms with van der Waals surface area (Å²) in [6.07, 6.45) is -0.180. The lowest BCUT2D eigenvalue weighted by Crippen LogP contribution is -2.26. The monoisotopic (exact) mass is 286 g/mol. The van der Waals surface area contributed by atoms with Gasteiger partial charge in [0.05, 0.1) is 18.7 Å². The van der Waals surface area contributed by atoms with Gasteiger partial charge in [-0.15, -0.1) is 0 Å². The van der Waals surface area contributed by atoms with Crippen molar-refractivity contribution in [1.29, 1.82) is 0 Å². The maximum absolute atomic E-state index is 11.5. The summed E-state index contributed by atoms with van der Waals surface area (Å²) in [6, 6.07) is 2.91. The predicted molar refractivity (Wildman–Crippen MR) is 70.1 cm³/mol. The number of carbonyl (C=O) groups is 2. The third kappa shape index (κ3) is 3.86. The number of esters is 1. The van der Waals surface area contributed by atoms with E-state index >= 15 is 0 Å². The molecule has 1 aromatic rings. The van der Waals surface area contributed by atoms with Crippen LogP contribution in [0.4, 0.5) is 0 Å². The van der Waals surface area contributed by atoms with Crippen molar-refractivity contribution in [3.8, 4) is 11.5 Å². The van der Waals surface area contributed by atoms with E-state index < -0.39 is 12.1 Å². The van der Waals surface area contributed by atoms with E-state index in [0.717, 1.165) is 0 Å². The molecule has 0 aromatic heterocycles. The molecule has 0 radical (unpaired) electrons. The second-order valence-corrected chi connectivity index (χ2v) is 4.07. The molecular weight excluding hydrogens is 272 g/mol. The van der Waals surface area contributed by atoms with Crippen LogP contribution in [0.25, 0.3) is 0 Å². The first kappa shape index (κ1) is 15.3. The molecule has 0 saturated heterocycles. The number of benzene rings is 1. The molecule has 0 fully saturated rings. The highest BCUT2D eigenvalue weighted by Gasteiger charge is 2.20. The van der Waals surface area contributed by atoms with Crippen LogP contribution < -0.4 is 9.47 Å². The SMILES string of the molecule is CCOC(=O)[C@H](C)Oc1c(Cl)cc(C=O)cc1OC. The molecular formula is C13H15ClO5. The van der Waals surface area contributed by atoms with Crippen molar-refractivity contribution in [2.75, 3.05) is 13.7 Å². The number of aldehydes is 1. The Morgan fingerprint density at radius 2 is 2.16 bits per heavy atom. The van der Waals surface area contributed by atoms with E-state index in [0.29, 0.717) is 11.8 Å². The minimum absolute atomic E-state index is 0.192. The minimum atomic E-state index is -0.826. The normalized spacial score (nSPS) is 11.6. The van der Waals surface area contributed by atoms with Gasteiger partial charge in [0, 0.05) is 5.56 Å². The van der Waals surface area contributed by atoms with E-state index in [-0.39, 0.29) is 23.1 Å². The summed E-state index contributed by atoms with van der Waals surface area (Å²) < 4.78 is 15.4. The van der Waals surface area contributed by atoms with Gasteiger partial charge >= 0.3 is 5.97 Å². The van der Waals surface area contributed by atoms with Gasteiger partial charge in [-0.25, -0.2) is 4.79 Å². The van der Waals surface area contributed by atoms with Crippen LogP contribution in [-0.2, 0) is 9.53 Å². The molecule has 0 aliphatic carbocycles. The maximum Gasteiger partial charge on any atom is 0.347 e. The Hall–Kier alpha value is -1.75. The number of hydrogen-bond donors (Lipinski definition) is 0. The fraction of sp³-hybridized carbons (Fsp3) is 0.385. The van der Waals surface area contributed by atoms with E-state index in [9.17, 15) is 9.59 Å². The van der Waals surface area contributed by atoms with Crippen LogP contribution in [0.2, 0.25) is 5.02 Å². The van der Waals surface area contributed by atoms with E-state index in [1.54, 1.807) is 13.8 Å². The lowest BCUT2D eigenvalue weighted by atomic mass is 10.2. The summed E-state index contributed by atoms with van der Waals surface area (Å²) in [7, 11) is 1.42. The van der Waals surface area contributed by atoms with Crippen molar-refractivity contribution in [3.63, 3.8) is 0 Å². The molecule has 0 amide bonds. The Morgan fingerprint density at radius 3 is 2.68 bits per heavy atom. The molecule has 0 aliphatic heterocycles. The third-order valence-electron chi connectivity index (χ3n) is 2.30. The molecule has 1 atom stereocenters. The summed E-state index contributed by atoms with van der Waals surface area (Å²) in [4.78, 5) is 22.2. The lowest BCUT2D eigenvalue weighted by molar-refractivity contribution is -0.150. The summed E-state index contributed by atoms with van der Waals surface area (Å²) >= 11 is 6.00. The summed E-state index contributed by atoms with van der Waals surface area (Å²) in [5.74, 6) is -0.0128. The number of rotatable bonds is 6. The Morgan fingerprint density at radius 1 is 1.47 bits per heavy atom. The average molecular weight is 287 g/mol. The molecule has 0 saturated carbocycles. The van der Waals surface area contributed by atoms with Gasteiger partial charge in [-0.1, -0.05) is 11.6 Å². The van der Waals surface area contributed by atoms with Crippen LogP contribution in [0.5, 0.6) is 11.5 Å². The average Bonchev–Trinajstić information content (AvgIpc) is 2.40. The standard InChI is InChI=1S/C13H15ClO5/c1-4-18-13(16)8(2)19-12-10(14)5-9(7-15)6-11(12)17-3/h5-8H,4H2,1-3H3/t8-/m0/s1. The van der Waals surface area contributed by atoms with Crippen molar-refractivity contribution in [2.24, 2.45) is 0 Å². The Balaban J connectivity index is 3.00. The molecule has 0 aliphatic rings. The van der Waals surface area contributed by atoms with Crippen molar-refractivity contribution < 1.29 is 23.8 Å². The van der Waals surface area contributed by atoms with E-state index in [1.807, 2.05) is 0 Å². The molecule has 0 heterocycles. The van der Waals surface area contributed by atoms with Gasteiger partial charge in [0.2, 0.25) is 0 Å². The van der Waals surface area contributed by atoms with Crippen molar-refractivity contribution >= 4 is 23.9 Å². The van der Waals surface area contributed by atoms with Crippen LogP contribution >= 0.6 is 11.6 Å². The van der Waals surface area contributed by atoms with Gasteiger partial charge in [0.1, 0.15) is 6.29 Å². The molecule has 19 heavy (non-hydrogen) atoms. The minimum Gasteiger partial charge on any atom is -0.493 e. The van der Waals surface area contributed by atoms with Crippen LogP contribution in [0.3, 0.4) is 0 Å². The lowest BCUT2D eigenvalue weighted by Gasteiger charge is -2.17. The maximum atomic E-state index is 11.5. The number of carbonyl (C=O) groups excluding carboxylic acids is 2. The van der Waals surface area contributed by atoms with Crippen molar-refractivity contribution in [2.45, 2.75) is 20.0 Å². The molecule has 104 valence electrons. The molecule has 5 nitrogen and oxygen atoms in total. The smallest absolute Gasteiger partial charge is 0.347 e. The first-order valence-corrected chi connectivity index (χ1v) is 6.07. The Kier molecular flexibility index (Phi) is 5.63. The van der Waals surface area contributed by atoms with Crippen molar-refractivity contribution in [1.82, 2.24) is 0 Å². The molecule has 1 aromatic carbocycles. The largest absolute Gasteiger partial charge is 0.493 e. The van der Waals surface area contributed by atoms with Gasteiger partial charge in [-0.2, -0.15) is 0 Å². The zero-order valence-electron chi connectivity index (χ0n) is 10.9. The Bertz CT molecular complexity index is 472. The number of methoxy groups -OCH3 is 1. The van der Waals surface area contributed by atoms with Gasteiger partial charge in [-0.3, -0.25) is 4.79 Å². The zero-order valence-corrected chi connectivity index (χ0v) is 11.7. The van der Waals surface area contributed by atoms with E-state index in [4.69, 9.17) is 25.8 Å². The quantitative estimate of drug-likeness (QED) is 0.594. The third-order valence-corrected chi connectivity index (χ3v) is 2.58. The molecule has 0 unspecified atom stereocenters. The Labute approximate surface area is 116 Å². The van der Waals surface area contributed by atoms with E-state index in [1.165, 1.54) is 19.2 Å². The molecule has 0 spiro atoms. The molecule has 0 N–H and O–H groups in total. The molecule has 6 heteroatoms. The summed E-state index contributed by atoms with van der Waals surface area (Å²) in [6.45, 7) is 3.51. The summed E-state index contributed by atoms with van der Waals surface area (Å²) in [5.41, 5.74) is 0.359. The van der Waals surface area contributed by atoms with E-state index in [2.05, 4.69) is 0 Å². The number of hydrogen-bond acceptors (Lipinski definition) is 5. The van der Waals surface area contributed by atoms with Gasteiger partial charge < -0.3 is 14.2 Å². The molecule has 1 rings (SSSR count).